The highest BCUT2D eigenvalue weighted by Gasteiger charge is 2.16. The summed E-state index contributed by atoms with van der Waals surface area (Å²) in [4.78, 5) is 11.1. The van der Waals surface area contributed by atoms with Gasteiger partial charge in [0, 0.05) is 9.64 Å². The van der Waals surface area contributed by atoms with E-state index in [1.165, 1.54) is 0 Å². The fraction of sp³-hybridized carbons (Fsp3) is 0. The minimum absolute atomic E-state index is 0.0699. The van der Waals surface area contributed by atoms with Crippen LogP contribution in [0.5, 0.6) is 0 Å². The van der Waals surface area contributed by atoms with Crippen LogP contribution >= 0.6 is 34.2 Å². The van der Waals surface area contributed by atoms with Crippen LogP contribution < -0.4 is 5.32 Å². The van der Waals surface area contributed by atoms with E-state index in [-0.39, 0.29) is 11.3 Å². The zero-order chi connectivity index (χ0) is 14.9. The molecule has 20 heavy (non-hydrogen) atoms. The smallest absolute Gasteiger partial charge is 0.337 e. The summed E-state index contributed by atoms with van der Waals surface area (Å²) in [7, 11) is 0. The molecule has 0 saturated heterocycles. The average Bonchev–Trinajstić information content (AvgIpc) is 2.36. The number of anilines is 2. The lowest BCUT2D eigenvalue weighted by atomic mass is 10.1. The van der Waals surface area contributed by atoms with Gasteiger partial charge >= 0.3 is 5.97 Å². The molecule has 3 nitrogen and oxygen atoms in total. The van der Waals surface area contributed by atoms with Crippen LogP contribution in [0.2, 0.25) is 5.02 Å². The lowest BCUT2D eigenvalue weighted by molar-refractivity contribution is 0.0697. The van der Waals surface area contributed by atoms with Crippen LogP contribution in [0.15, 0.2) is 30.3 Å². The Labute approximate surface area is 131 Å². The molecule has 0 bridgehead atoms. The number of benzene rings is 2. The highest BCUT2D eigenvalue weighted by molar-refractivity contribution is 14.1. The predicted octanol–water partition coefficient (Wildman–Crippen LogP) is 4.66. The zero-order valence-corrected chi connectivity index (χ0v) is 12.7. The Morgan fingerprint density at radius 3 is 2.40 bits per heavy atom. The number of rotatable bonds is 3. The molecule has 0 saturated carbocycles. The molecule has 0 spiro atoms. The molecule has 0 aromatic heterocycles. The number of carboxylic acid groups (broad SMARTS) is 1. The third-order valence-corrected chi connectivity index (χ3v) is 3.48. The van der Waals surface area contributed by atoms with Crippen LogP contribution in [0.3, 0.4) is 0 Å². The van der Waals surface area contributed by atoms with Gasteiger partial charge in [-0.25, -0.2) is 13.6 Å². The van der Waals surface area contributed by atoms with Crippen molar-refractivity contribution in [2.45, 2.75) is 0 Å². The van der Waals surface area contributed by atoms with Crippen LogP contribution in [0.1, 0.15) is 10.4 Å². The van der Waals surface area contributed by atoms with E-state index in [4.69, 9.17) is 16.7 Å². The van der Waals surface area contributed by atoms with Gasteiger partial charge in [-0.05, 0) is 46.9 Å². The first kappa shape index (κ1) is 15.0. The third kappa shape index (κ3) is 3.18. The Hall–Kier alpha value is -1.41. The van der Waals surface area contributed by atoms with Crippen molar-refractivity contribution in [1.29, 1.82) is 0 Å². The SMILES string of the molecule is O=C(O)c1cc(F)c(F)cc1Nc1ccc(I)cc1Cl. The minimum atomic E-state index is -1.37. The van der Waals surface area contributed by atoms with Crippen molar-refractivity contribution in [3.63, 3.8) is 0 Å². The van der Waals surface area contributed by atoms with Crippen molar-refractivity contribution in [2.24, 2.45) is 0 Å². The van der Waals surface area contributed by atoms with E-state index in [0.29, 0.717) is 16.8 Å². The number of hydrogen-bond donors (Lipinski definition) is 2. The summed E-state index contributed by atoms with van der Waals surface area (Å²) in [5.41, 5.74) is -0.0429. The molecule has 0 aliphatic rings. The lowest BCUT2D eigenvalue weighted by Crippen LogP contribution is -2.05. The van der Waals surface area contributed by atoms with E-state index in [1.54, 1.807) is 18.2 Å². The second kappa shape index (κ2) is 5.92. The van der Waals surface area contributed by atoms with E-state index in [1.807, 2.05) is 0 Å². The number of hydrogen-bond acceptors (Lipinski definition) is 2. The van der Waals surface area contributed by atoms with Crippen molar-refractivity contribution < 1.29 is 18.7 Å². The Kier molecular flexibility index (Phi) is 4.44. The monoisotopic (exact) mass is 409 g/mol. The van der Waals surface area contributed by atoms with E-state index in [0.717, 1.165) is 9.64 Å². The van der Waals surface area contributed by atoms with Gasteiger partial charge in [0.15, 0.2) is 11.6 Å². The third-order valence-electron chi connectivity index (χ3n) is 2.49. The summed E-state index contributed by atoms with van der Waals surface area (Å²) in [5.74, 6) is -3.73. The normalized spacial score (nSPS) is 10.4. The van der Waals surface area contributed by atoms with Gasteiger partial charge in [0.05, 0.1) is 22.0 Å². The quantitative estimate of drug-likeness (QED) is 0.725. The first-order valence-electron chi connectivity index (χ1n) is 5.33. The maximum Gasteiger partial charge on any atom is 0.337 e. The number of carboxylic acids is 1. The highest BCUT2D eigenvalue weighted by Crippen LogP contribution is 2.29. The molecule has 2 aromatic carbocycles. The van der Waals surface area contributed by atoms with Gasteiger partial charge in [0.2, 0.25) is 0 Å². The minimum Gasteiger partial charge on any atom is -0.478 e. The van der Waals surface area contributed by atoms with Gasteiger partial charge < -0.3 is 10.4 Å². The summed E-state index contributed by atoms with van der Waals surface area (Å²) in [6.07, 6.45) is 0. The maximum absolute atomic E-state index is 13.2. The molecule has 2 aromatic rings. The van der Waals surface area contributed by atoms with E-state index in [9.17, 15) is 13.6 Å². The fourth-order valence-corrected chi connectivity index (χ4v) is 2.47. The van der Waals surface area contributed by atoms with Gasteiger partial charge in [-0.15, -0.1) is 0 Å². The van der Waals surface area contributed by atoms with Crippen molar-refractivity contribution in [1.82, 2.24) is 0 Å². The highest BCUT2D eigenvalue weighted by atomic mass is 127. The molecule has 0 aliphatic carbocycles. The largest absolute Gasteiger partial charge is 0.478 e. The average molecular weight is 410 g/mol. The maximum atomic E-state index is 13.2. The van der Waals surface area contributed by atoms with Crippen molar-refractivity contribution >= 4 is 51.5 Å². The molecular formula is C13H7ClF2INO2. The molecule has 0 aliphatic heterocycles. The van der Waals surface area contributed by atoms with Crippen LogP contribution in [0.4, 0.5) is 20.2 Å². The summed E-state index contributed by atoms with van der Waals surface area (Å²) in [6, 6.07) is 6.44. The van der Waals surface area contributed by atoms with Gasteiger partial charge in [-0.3, -0.25) is 0 Å². The molecule has 104 valence electrons. The zero-order valence-electron chi connectivity index (χ0n) is 9.75. The van der Waals surface area contributed by atoms with Gasteiger partial charge in [-0.2, -0.15) is 0 Å². The summed E-state index contributed by atoms with van der Waals surface area (Å²) < 4.78 is 27.2. The molecule has 2 N–H and O–H groups in total. The van der Waals surface area contributed by atoms with Crippen LogP contribution in [-0.2, 0) is 0 Å². The molecule has 2 rings (SSSR count). The van der Waals surface area contributed by atoms with Crippen LogP contribution in [-0.4, -0.2) is 11.1 Å². The number of carbonyl (C=O) groups is 1. The first-order chi connectivity index (χ1) is 9.38. The Morgan fingerprint density at radius 1 is 1.15 bits per heavy atom. The van der Waals surface area contributed by atoms with Crippen LogP contribution in [0, 0.1) is 15.2 Å². The molecule has 0 radical (unpaired) electrons. The van der Waals surface area contributed by atoms with E-state index >= 15 is 0 Å². The Balaban J connectivity index is 2.47. The molecule has 0 amide bonds. The molecule has 0 atom stereocenters. The van der Waals surface area contributed by atoms with Crippen molar-refractivity contribution in [2.75, 3.05) is 5.32 Å². The second-order valence-corrected chi connectivity index (χ2v) is 5.52. The fourth-order valence-electron chi connectivity index (χ4n) is 1.56. The molecule has 0 fully saturated rings. The lowest BCUT2D eigenvalue weighted by Gasteiger charge is -2.12. The van der Waals surface area contributed by atoms with Crippen molar-refractivity contribution in [3.8, 4) is 0 Å². The molecule has 0 unspecified atom stereocenters. The van der Waals surface area contributed by atoms with Gasteiger partial charge in [0.25, 0.3) is 0 Å². The second-order valence-electron chi connectivity index (χ2n) is 3.87. The number of aromatic carboxylic acids is 1. The Bertz CT molecular complexity index is 694. The summed E-state index contributed by atoms with van der Waals surface area (Å²) in [5, 5.41) is 12.0. The standard InChI is InChI=1S/C13H7ClF2INO2/c14-8-3-6(17)1-2-11(8)18-12-5-10(16)9(15)4-7(12)13(19)20/h1-5,18H,(H,19,20). The van der Waals surface area contributed by atoms with Gasteiger partial charge in [-0.1, -0.05) is 11.6 Å². The Morgan fingerprint density at radius 2 is 1.80 bits per heavy atom. The number of nitrogens with one attached hydrogen (secondary N) is 1. The molecule has 0 heterocycles. The van der Waals surface area contributed by atoms with Crippen molar-refractivity contribution in [3.05, 3.63) is 56.1 Å². The predicted molar refractivity (Wildman–Crippen MR) is 80.8 cm³/mol. The topological polar surface area (TPSA) is 49.3 Å². The van der Waals surface area contributed by atoms with E-state index in [2.05, 4.69) is 27.9 Å². The first-order valence-corrected chi connectivity index (χ1v) is 6.78. The van der Waals surface area contributed by atoms with E-state index < -0.39 is 17.6 Å². The summed E-state index contributed by atoms with van der Waals surface area (Å²) >= 11 is 8.06. The molecular weight excluding hydrogens is 403 g/mol. The van der Waals surface area contributed by atoms with Crippen LogP contribution in [0.25, 0.3) is 0 Å². The van der Waals surface area contributed by atoms with Gasteiger partial charge in [0.1, 0.15) is 0 Å². The summed E-state index contributed by atoms with van der Waals surface area (Å²) in [6.45, 7) is 0. The number of halogens is 4. The molecule has 7 heteroatoms.